The lowest BCUT2D eigenvalue weighted by Gasteiger charge is -2.13. The SMILES string of the molecule is NC1(c2ccccc2Cl)CC1CCO. The van der Waals surface area contributed by atoms with Crippen LogP contribution in [-0.2, 0) is 5.54 Å². The van der Waals surface area contributed by atoms with Gasteiger partial charge >= 0.3 is 0 Å². The first-order valence-electron chi connectivity index (χ1n) is 4.83. The first kappa shape index (κ1) is 9.97. The van der Waals surface area contributed by atoms with Gasteiger partial charge in [-0.2, -0.15) is 0 Å². The van der Waals surface area contributed by atoms with E-state index in [0.717, 1.165) is 23.4 Å². The number of halogens is 1. The van der Waals surface area contributed by atoms with Gasteiger partial charge in [-0.25, -0.2) is 0 Å². The molecular weight excluding hydrogens is 198 g/mol. The molecule has 2 atom stereocenters. The fourth-order valence-electron chi connectivity index (χ4n) is 2.03. The summed E-state index contributed by atoms with van der Waals surface area (Å²) in [6.07, 6.45) is 1.69. The third-order valence-corrected chi connectivity index (χ3v) is 3.34. The van der Waals surface area contributed by atoms with E-state index in [1.54, 1.807) is 0 Å². The van der Waals surface area contributed by atoms with Crippen LogP contribution in [0.3, 0.4) is 0 Å². The summed E-state index contributed by atoms with van der Waals surface area (Å²) in [6.45, 7) is 0.202. The second-order valence-electron chi connectivity index (χ2n) is 3.93. The van der Waals surface area contributed by atoms with E-state index in [2.05, 4.69) is 0 Å². The standard InChI is InChI=1S/C11H14ClNO/c12-10-4-2-1-3-9(10)11(13)7-8(11)5-6-14/h1-4,8,14H,5-7,13H2. The second-order valence-corrected chi connectivity index (χ2v) is 4.34. The maximum absolute atomic E-state index is 8.84. The third-order valence-electron chi connectivity index (χ3n) is 3.01. The third kappa shape index (κ3) is 1.54. The lowest BCUT2D eigenvalue weighted by molar-refractivity contribution is 0.275. The van der Waals surface area contributed by atoms with Gasteiger partial charge in [0.1, 0.15) is 0 Å². The summed E-state index contributed by atoms with van der Waals surface area (Å²) in [5.74, 6) is 0.382. The zero-order chi connectivity index (χ0) is 10.2. The molecule has 76 valence electrons. The summed E-state index contributed by atoms with van der Waals surface area (Å²) in [5.41, 5.74) is 6.93. The molecule has 0 spiro atoms. The fraction of sp³-hybridized carbons (Fsp3) is 0.455. The van der Waals surface area contributed by atoms with Gasteiger partial charge in [-0.05, 0) is 30.4 Å². The van der Waals surface area contributed by atoms with Gasteiger partial charge < -0.3 is 10.8 Å². The molecule has 2 nitrogen and oxygen atoms in total. The van der Waals surface area contributed by atoms with Crippen molar-refractivity contribution in [2.24, 2.45) is 11.7 Å². The highest BCUT2D eigenvalue weighted by molar-refractivity contribution is 6.31. The molecular formula is C11H14ClNO. The van der Waals surface area contributed by atoms with Crippen molar-refractivity contribution in [3.8, 4) is 0 Å². The van der Waals surface area contributed by atoms with E-state index in [9.17, 15) is 0 Å². The van der Waals surface area contributed by atoms with Crippen LogP contribution in [0.1, 0.15) is 18.4 Å². The Morgan fingerprint density at radius 2 is 2.21 bits per heavy atom. The zero-order valence-corrected chi connectivity index (χ0v) is 8.67. The van der Waals surface area contributed by atoms with Crippen LogP contribution >= 0.6 is 11.6 Å². The van der Waals surface area contributed by atoms with Crippen LogP contribution in [0.15, 0.2) is 24.3 Å². The summed E-state index contributed by atoms with van der Waals surface area (Å²) >= 11 is 6.07. The van der Waals surface area contributed by atoms with Gasteiger partial charge in [-0.1, -0.05) is 29.8 Å². The molecule has 0 radical (unpaired) electrons. The Morgan fingerprint density at radius 1 is 1.50 bits per heavy atom. The molecule has 1 aromatic carbocycles. The lowest BCUT2D eigenvalue weighted by atomic mass is 10.0. The number of aliphatic hydroxyl groups is 1. The van der Waals surface area contributed by atoms with Crippen molar-refractivity contribution in [1.29, 1.82) is 0 Å². The molecule has 0 heterocycles. The summed E-state index contributed by atoms with van der Waals surface area (Å²) in [7, 11) is 0. The number of hydrogen-bond acceptors (Lipinski definition) is 2. The number of benzene rings is 1. The highest BCUT2D eigenvalue weighted by Crippen LogP contribution is 2.53. The van der Waals surface area contributed by atoms with Crippen LogP contribution in [0.25, 0.3) is 0 Å². The summed E-state index contributed by atoms with van der Waals surface area (Å²) in [5, 5.41) is 9.57. The minimum Gasteiger partial charge on any atom is -0.396 e. The number of rotatable bonds is 3. The first-order chi connectivity index (χ1) is 6.68. The Labute approximate surface area is 88.7 Å². The monoisotopic (exact) mass is 211 g/mol. The van der Waals surface area contributed by atoms with E-state index in [1.165, 1.54) is 0 Å². The molecule has 0 bridgehead atoms. The molecule has 2 unspecified atom stereocenters. The normalized spacial score (nSPS) is 30.4. The molecule has 1 aliphatic rings. The van der Waals surface area contributed by atoms with Crippen LogP contribution in [0.4, 0.5) is 0 Å². The van der Waals surface area contributed by atoms with Gasteiger partial charge in [0, 0.05) is 17.2 Å². The largest absolute Gasteiger partial charge is 0.396 e. The molecule has 0 aromatic heterocycles. The Hall–Kier alpha value is -0.570. The molecule has 1 saturated carbocycles. The Kier molecular flexibility index (Phi) is 2.52. The molecule has 3 heteroatoms. The van der Waals surface area contributed by atoms with Gasteiger partial charge in [-0.3, -0.25) is 0 Å². The maximum Gasteiger partial charge on any atom is 0.0458 e. The average Bonchev–Trinajstić information content (AvgIpc) is 2.79. The predicted molar refractivity (Wildman–Crippen MR) is 57.1 cm³/mol. The van der Waals surface area contributed by atoms with Crippen molar-refractivity contribution in [3.63, 3.8) is 0 Å². The van der Waals surface area contributed by atoms with E-state index in [0.29, 0.717) is 5.92 Å². The maximum atomic E-state index is 8.84. The topological polar surface area (TPSA) is 46.2 Å². The molecule has 3 N–H and O–H groups in total. The van der Waals surface area contributed by atoms with E-state index in [4.69, 9.17) is 22.4 Å². The van der Waals surface area contributed by atoms with Crippen molar-refractivity contribution in [2.75, 3.05) is 6.61 Å². The highest BCUT2D eigenvalue weighted by atomic mass is 35.5. The van der Waals surface area contributed by atoms with E-state index in [1.807, 2.05) is 24.3 Å². The summed E-state index contributed by atoms with van der Waals surface area (Å²) < 4.78 is 0. The second kappa shape index (κ2) is 3.54. The molecule has 1 fully saturated rings. The Bertz CT molecular complexity index is 342. The van der Waals surface area contributed by atoms with Crippen LogP contribution in [-0.4, -0.2) is 11.7 Å². The molecule has 0 aliphatic heterocycles. The number of aliphatic hydroxyl groups excluding tert-OH is 1. The predicted octanol–water partition coefficient (Wildman–Crippen LogP) is 1.90. The van der Waals surface area contributed by atoms with Crippen molar-refractivity contribution in [1.82, 2.24) is 0 Å². The molecule has 0 amide bonds. The molecule has 2 rings (SSSR count). The Morgan fingerprint density at radius 3 is 2.86 bits per heavy atom. The fourth-order valence-corrected chi connectivity index (χ4v) is 2.34. The van der Waals surface area contributed by atoms with Crippen molar-refractivity contribution >= 4 is 11.6 Å². The van der Waals surface area contributed by atoms with Crippen LogP contribution in [0, 0.1) is 5.92 Å². The molecule has 1 aliphatic carbocycles. The van der Waals surface area contributed by atoms with Crippen LogP contribution < -0.4 is 5.73 Å². The first-order valence-corrected chi connectivity index (χ1v) is 5.21. The van der Waals surface area contributed by atoms with Gasteiger partial charge in [0.2, 0.25) is 0 Å². The van der Waals surface area contributed by atoms with Gasteiger partial charge in [-0.15, -0.1) is 0 Å². The van der Waals surface area contributed by atoms with Gasteiger partial charge in [0.15, 0.2) is 0 Å². The quantitative estimate of drug-likeness (QED) is 0.802. The van der Waals surface area contributed by atoms with Crippen LogP contribution in [0.5, 0.6) is 0 Å². The highest BCUT2D eigenvalue weighted by Gasteiger charge is 2.52. The smallest absolute Gasteiger partial charge is 0.0458 e. The number of hydrogen-bond donors (Lipinski definition) is 2. The zero-order valence-electron chi connectivity index (χ0n) is 7.91. The summed E-state index contributed by atoms with van der Waals surface area (Å²) in [6, 6.07) is 7.68. The molecule has 14 heavy (non-hydrogen) atoms. The van der Waals surface area contributed by atoms with Gasteiger partial charge in [0.25, 0.3) is 0 Å². The summed E-state index contributed by atoms with van der Waals surface area (Å²) in [4.78, 5) is 0. The average molecular weight is 212 g/mol. The lowest BCUT2D eigenvalue weighted by Crippen LogP contribution is -2.22. The van der Waals surface area contributed by atoms with E-state index in [-0.39, 0.29) is 12.1 Å². The van der Waals surface area contributed by atoms with Crippen molar-refractivity contribution in [2.45, 2.75) is 18.4 Å². The molecule has 0 saturated heterocycles. The minimum atomic E-state index is -0.291. The van der Waals surface area contributed by atoms with Gasteiger partial charge in [0.05, 0.1) is 0 Å². The number of nitrogens with two attached hydrogens (primary N) is 1. The minimum absolute atomic E-state index is 0.202. The van der Waals surface area contributed by atoms with Crippen molar-refractivity contribution in [3.05, 3.63) is 34.9 Å². The van der Waals surface area contributed by atoms with Crippen LogP contribution in [0.2, 0.25) is 5.02 Å². The molecule has 1 aromatic rings. The van der Waals surface area contributed by atoms with Crippen molar-refractivity contribution < 1.29 is 5.11 Å². The van der Waals surface area contributed by atoms with E-state index >= 15 is 0 Å². The Balaban J connectivity index is 2.21. The van der Waals surface area contributed by atoms with E-state index < -0.39 is 0 Å².